The standard InChI is InChI=1S/C16H23N3OS/c1-12-5-6-14(20-12)15-13(10-18-19-15)9-17-11-16(21-2)7-3-4-8-16/h5-6,10,17H,3-4,7-9,11H2,1-2H3,(H,18,19). The third-order valence-electron chi connectivity index (χ3n) is 4.42. The topological polar surface area (TPSA) is 53.9 Å². The van der Waals surface area contributed by atoms with Crippen LogP contribution in [0.25, 0.3) is 11.5 Å². The zero-order valence-corrected chi connectivity index (χ0v) is 13.6. The van der Waals surface area contributed by atoms with Gasteiger partial charge in [-0.15, -0.1) is 0 Å². The Labute approximate surface area is 130 Å². The normalized spacial score (nSPS) is 17.4. The first kappa shape index (κ1) is 14.7. The number of aromatic nitrogens is 2. The molecule has 4 nitrogen and oxygen atoms in total. The van der Waals surface area contributed by atoms with E-state index in [1.807, 2.05) is 37.0 Å². The van der Waals surface area contributed by atoms with Gasteiger partial charge in [-0.3, -0.25) is 5.10 Å². The molecule has 0 bridgehead atoms. The highest BCUT2D eigenvalue weighted by Gasteiger charge is 2.32. The van der Waals surface area contributed by atoms with Crippen LogP contribution in [0.15, 0.2) is 22.7 Å². The van der Waals surface area contributed by atoms with Crippen LogP contribution in [0.3, 0.4) is 0 Å². The zero-order valence-electron chi connectivity index (χ0n) is 12.7. The molecule has 1 aliphatic rings. The lowest BCUT2D eigenvalue weighted by Gasteiger charge is -2.27. The van der Waals surface area contributed by atoms with Crippen molar-refractivity contribution in [2.24, 2.45) is 0 Å². The lowest BCUT2D eigenvalue weighted by atomic mass is 10.1. The molecule has 2 aromatic heterocycles. The van der Waals surface area contributed by atoms with Crippen LogP contribution in [0.2, 0.25) is 0 Å². The molecule has 0 atom stereocenters. The van der Waals surface area contributed by atoms with Crippen molar-refractivity contribution in [2.45, 2.75) is 43.9 Å². The fraction of sp³-hybridized carbons (Fsp3) is 0.562. The molecule has 3 rings (SSSR count). The number of aryl methyl sites for hydroxylation is 1. The zero-order chi connectivity index (χ0) is 14.7. The van der Waals surface area contributed by atoms with Crippen molar-refractivity contribution in [2.75, 3.05) is 12.8 Å². The second kappa shape index (κ2) is 6.28. The molecule has 21 heavy (non-hydrogen) atoms. The average Bonchev–Trinajstić information content (AvgIpc) is 3.19. The second-order valence-electron chi connectivity index (χ2n) is 5.88. The number of rotatable bonds is 6. The van der Waals surface area contributed by atoms with Gasteiger partial charge in [0.05, 0.1) is 6.20 Å². The molecule has 2 N–H and O–H groups in total. The van der Waals surface area contributed by atoms with Gasteiger partial charge in [-0.05, 0) is 38.2 Å². The average molecular weight is 305 g/mol. The van der Waals surface area contributed by atoms with Crippen LogP contribution in [0, 0.1) is 6.92 Å². The molecule has 0 radical (unpaired) electrons. The Morgan fingerprint density at radius 3 is 2.86 bits per heavy atom. The van der Waals surface area contributed by atoms with Crippen molar-refractivity contribution < 1.29 is 4.42 Å². The molecule has 0 aromatic carbocycles. The first-order valence-corrected chi connectivity index (χ1v) is 8.80. The number of thioether (sulfide) groups is 1. The van der Waals surface area contributed by atoms with Crippen LogP contribution in [-0.2, 0) is 6.54 Å². The molecule has 1 fully saturated rings. The van der Waals surface area contributed by atoms with Crippen LogP contribution in [0.5, 0.6) is 0 Å². The van der Waals surface area contributed by atoms with E-state index in [0.717, 1.165) is 30.3 Å². The van der Waals surface area contributed by atoms with E-state index in [4.69, 9.17) is 4.42 Å². The van der Waals surface area contributed by atoms with Gasteiger partial charge in [0.25, 0.3) is 0 Å². The van der Waals surface area contributed by atoms with Crippen LogP contribution in [-0.4, -0.2) is 27.7 Å². The predicted octanol–water partition coefficient (Wildman–Crippen LogP) is 3.74. The van der Waals surface area contributed by atoms with Gasteiger partial charge < -0.3 is 9.73 Å². The number of hydrogen-bond acceptors (Lipinski definition) is 4. The Hall–Kier alpha value is -1.20. The highest BCUT2D eigenvalue weighted by molar-refractivity contribution is 8.00. The Morgan fingerprint density at radius 2 is 2.19 bits per heavy atom. The number of aromatic amines is 1. The number of nitrogens with zero attached hydrogens (tertiary/aromatic N) is 1. The minimum absolute atomic E-state index is 0.436. The van der Waals surface area contributed by atoms with Crippen LogP contribution in [0.4, 0.5) is 0 Å². The van der Waals surface area contributed by atoms with Gasteiger partial charge in [-0.1, -0.05) is 12.8 Å². The van der Waals surface area contributed by atoms with Gasteiger partial charge >= 0.3 is 0 Å². The molecule has 0 aliphatic heterocycles. The van der Waals surface area contributed by atoms with E-state index in [1.165, 1.54) is 31.2 Å². The van der Waals surface area contributed by atoms with E-state index in [1.54, 1.807) is 0 Å². The first-order valence-electron chi connectivity index (χ1n) is 7.57. The molecule has 0 amide bonds. The summed E-state index contributed by atoms with van der Waals surface area (Å²) in [5.41, 5.74) is 2.15. The van der Waals surface area contributed by atoms with Gasteiger partial charge in [0.15, 0.2) is 5.76 Å². The lowest BCUT2D eigenvalue weighted by molar-refractivity contribution is 0.530. The van der Waals surface area contributed by atoms with Crippen molar-refractivity contribution in [3.8, 4) is 11.5 Å². The molecule has 0 unspecified atom stereocenters. The summed E-state index contributed by atoms with van der Waals surface area (Å²) in [5, 5.41) is 10.8. The smallest absolute Gasteiger partial charge is 0.152 e. The highest BCUT2D eigenvalue weighted by atomic mass is 32.2. The van der Waals surface area contributed by atoms with E-state index < -0.39 is 0 Å². The highest BCUT2D eigenvalue weighted by Crippen LogP contribution is 2.39. The summed E-state index contributed by atoms with van der Waals surface area (Å²) in [4.78, 5) is 0. The van der Waals surface area contributed by atoms with Gasteiger partial charge in [0, 0.05) is 23.4 Å². The molecule has 114 valence electrons. The molecular formula is C16H23N3OS. The maximum absolute atomic E-state index is 5.69. The molecule has 5 heteroatoms. The SMILES string of the molecule is CSC1(CNCc2cn[nH]c2-c2ccc(C)o2)CCCC1. The fourth-order valence-electron chi connectivity index (χ4n) is 3.12. The summed E-state index contributed by atoms with van der Waals surface area (Å²) < 4.78 is 6.12. The van der Waals surface area contributed by atoms with Crippen molar-refractivity contribution >= 4 is 11.8 Å². The van der Waals surface area contributed by atoms with Gasteiger partial charge in [-0.2, -0.15) is 16.9 Å². The lowest BCUT2D eigenvalue weighted by Crippen LogP contribution is -2.34. The molecule has 1 saturated carbocycles. The number of nitrogens with one attached hydrogen (secondary N) is 2. The van der Waals surface area contributed by atoms with Crippen molar-refractivity contribution in [1.29, 1.82) is 0 Å². The summed E-state index contributed by atoms with van der Waals surface area (Å²) in [6.45, 7) is 3.85. The van der Waals surface area contributed by atoms with Crippen molar-refractivity contribution in [3.05, 3.63) is 29.7 Å². The third kappa shape index (κ3) is 3.19. The van der Waals surface area contributed by atoms with Gasteiger partial charge in [0.1, 0.15) is 11.5 Å². The van der Waals surface area contributed by atoms with Gasteiger partial charge in [0.2, 0.25) is 0 Å². The van der Waals surface area contributed by atoms with E-state index in [0.29, 0.717) is 4.75 Å². The predicted molar refractivity (Wildman–Crippen MR) is 87.4 cm³/mol. The summed E-state index contributed by atoms with van der Waals surface area (Å²) in [5.74, 6) is 1.79. The monoisotopic (exact) mass is 305 g/mol. The maximum atomic E-state index is 5.69. The van der Waals surface area contributed by atoms with Crippen LogP contribution in [0.1, 0.15) is 37.0 Å². The summed E-state index contributed by atoms with van der Waals surface area (Å²) in [6.07, 6.45) is 9.52. The minimum atomic E-state index is 0.436. The van der Waals surface area contributed by atoms with Crippen molar-refractivity contribution in [1.82, 2.24) is 15.5 Å². The Balaban J connectivity index is 1.62. The summed E-state index contributed by atoms with van der Waals surface area (Å²) in [7, 11) is 0. The quantitative estimate of drug-likeness (QED) is 0.853. The molecule has 2 heterocycles. The van der Waals surface area contributed by atoms with E-state index >= 15 is 0 Å². The Morgan fingerprint density at radius 1 is 1.38 bits per heavy atom. The van der Waals surface area contributed by atoms with Crippen LogP contribution >= 0.6 is 11.8 Å². The molecular weight excluding hydrogens is 282 g/mol. The van der Waals surface area contributed by atoms with Gasteiger partial charge in [-0.25, -0.2) is 0 Å². The largest absolute Gasteiger partial charge is 0.460 e. The molecule has 0 spiro atoms. The number of H-pyrrole nitrogens is 1. The Bertz CT molecular complexity index is 584. The molecule has 0 saturated heterocycles. The fourth-order valence-corrected chi connectivity index (χ4v) is 4.07. The van der Waals surface area contributed by atoms with Crippen LogP contribution < -0.4 is 5.32 Å². The van der Waals surface area contributed by atoms with Crippen molar-refractivity contribution in [3.63, 3.8) is 0 Å². The minimum Gasteiger partial charge on any atom is -0.460 e. The summed E-state index contributed by atoms with van der Waals surface area (Å²) >= 11 is 2.02. The van der Waals surface area contributed by atoms with E-state index in [2.05, 4.69) is 21.8 Å². The number of furan rings is 1. The number of hydrogen-bond donors (Lipinski definition) is 2. The first-order chi connectivity index (χ1) is 10.2. The van der Waals surface area contributed by atoms with E-state index in [9.17, 15) is 0 Å². The summed E-state index contributed by atoms with van der Waals surface area (Å²) in [6, 6.07) is 3.97. The third-order valence-corrected chi connectivity index (χ3v) is 5.83. The molecule has 2 aromatic rings. The second-order valence-corrected chi connectivity index (χ2v) is 7.15. The Kier molecular flexibility index (Phi) is 4.40. The van der Waals surface area contributed by atoms with E-state index in [-0.39, 0.29) is 0 Å². The molecule has 1 aliphatic carbocycles. The maximum Gasteiger partial charge on any atom is 0.152 e.